The zero-order valence-corrected chi connectivity index (χ0v) is 17.1. The molecule has 1 aliphatic carbocycles. The minimum atomic E-state index is -3.57. The zero-order valence-electron chi connectivity index (χ0n) is 16.3. The van der Waals surface area contributed by atoms with Gasteiger partial charge in [-0.2, -0.15) is 4.31 Å². The van der Waals surface area contributed by atoms with Crippen LogP contribution in [0.15, 0.2) is 65.6 Å². The number of hydrogen-bond acceptors (Lipinski definition) is 2. The Kier molecular flexibility index (Phi) is 4.78. The van der Waals surface area contributed by atoms with Crippen LogP contribution in [0.4, 0.5) is 0 Å². The monoisotopic (exact) mass is 371 g/mol. The summed E-state index contributed by atoms with van der Waals surface area (Å²) in [5, 5.41) is 0. The van der Waals surface area contributed by atoms with Crippen LogP contribution in [0.1, 0.15) is 40.2 Å². The quantitative estimate of drug-likeness (QED) is 0.720. The Morgan fingerprint density at radius 1 is 0.885 bits per heavy atom. The second-order valence-electron chi connectivity index (χ2n) is 8.51. The molecular weight excluding hydrogens is 342 g/mol. The largest absolute Gasteiger partial charge is 0.243 e. The molecule has 0 radical (unpaired) electrons. The van der Waals surface area contributed by atoms with Gasteiger partial charge < -0.3 is 0 Å². The Balaban J connectivity index is 2.00. The average molecular weight is 372 g/mol. The number of benzene rings is 2. The fourth-order valence-corrected chi connectivity index (χ4v) is 6.21. The van der Waals surface area contributed by atoms with Gasteiger partial charge in [0.1, 0.15) is 0 Å². The van der Waals surface area contributed by atoms with Gasteiger partial charge in [-0.3, -0.25) is 0 Å². The third-order valence-electron chi connectivity index (χ3n) is 6.60. The maximum atomic E-state index is 13.5. The summed E-state index contributed by atoms with van der Waals surface area (Å²) in [4.78, 5) is 0.360. The van der Waals surface area contributed by atoms with E-state index in [1.807, 2.05) is 36.4 Å². The molecule has 0 aromatic heterocycles. The summed E-state index contributed by atoms with van der Waals surface area (Å²) >= 11 is 0. The van der Waals surface area contributed by atoms with Crippen molar-refractivity contribution < 1.29 is 8.42 Å². The number of sulfonamides is 1. The van der Waals surface area contributed by atoms with Crippen molar-refractivity contribution in [3.8, 4) is 0 Å². The van der Waals surface area contributed by atoms with Crippen LogP contribution < -0.4 is 0 Å². The van der Waals surface area contributed by atoms with Gasteiger partial charge in [-0.1, -0.05) is 76.2 Å². The minimum absolute atomic E-state index is 0.0783. The normalized spacial score (nSPS) is 20.1. The molecule has 2 aromatic carbocycles. The number of rotatable bonds is 6. The van der Waals surface area contributed by atoms with E-state index in [1.165, 1.54) is 0 Å². The van der Waals surface area contributed by atoms with Gasteiger partial charge in [0, 0.05) is 12.6 Å². The minimum Gasteiger partial charge on any atom is -0.207 e. The van der Waals surface area contributed by atoms with Crippen molar-refractivity contribution in [3.63, 3.8) is 0 Å². The van der Waals surface area contributed by atoms with Crippen molar-refractivity contribution in [1.82, 2.24) is 4.31 Å². The summed E-state index contributed by atoms with van der Waals surface area (Å²) in [6.45, 7) is 11.4. The van der Waals surface area contributed by atoms with Crippen LogP contribution in [0.5, 0.6) is 0 Å². The molecule has 1 unspecified atom stereocenters. The van der Waals surface area contributed by atoms with Gasteiger partial charge in [0.25, 0.3) is 0 Å². The van der Waals surface area contributed by atoms with Gasteiger partial charge in [0.2, 0.25) is 10.0 Å². The van der Waals surface area contributed by atoms with Crippen LogP contribution in [0.2, 0.25) is 0 Å². The Bertz CT molecular complexity index is 844. The van der Waals surface area contributed by atoms with Crippen LogP contribution in [0.3, 0.4) is 0 Å². The van der Waals surface area contributed by atoms with Gasteiger partial charge in [-0.25, -0.2) is 8.42 Å². The molecule has 140 valence electrons. The van der Waals surface area contributed by atoms with E-state index >= 15 is 0 Å². The highest BCUT2D eigenvalue weighted by molar-refractivity contribution is 7.89. The number of hydrogen-bond donors (Lipinski definition) is 0. The summed E-state index contributed by atoms with van der Waals surface area (Å²) in [5.41, 5.74) is 1.25. The van der Waals surface area contributed by atoms with Crippen molar-refractivity contribution >= 4 is 10.0 Å². The predicted octanol–water partition coefficient (Wildman–Crippen LogP) is 4.95. The fraction of sp³-hybridized carbons (Fsp3) is 0.455. The summed E-state index contributed by atoms with van der Waals surface area (Å²) in [6, 6.07) is 18.5. The van der Waals surface area contributed by atoms with Gasteiger partial charge in [0.05, 0.1) is 4.90 Å². The Morgan fingerprint density at radius 2 is 1.35 bits per heavy atom. The van der Waals surface area contributed by atoms with Crippen LogP contribution >= 0.6 is 0 Å². The van der Waals surface area contributed by atoms with E-state index in [2.05, 4.69) is 34.6 Å². The zero-order chi connectivity index (χ0) is 19.2. The molecular formula is C22H29NO2S. The number of nitrogens with zero attached hydrogens (tertiary/aromatic N) is 1. The lowest BCUT2D eigenvalue weighted by atomic mass is 10.0. The smallest absolute Gasteiger partial charge is 0.207 e. The molecule has 1 saturated carbocycles. The van der Waals surface area contributed by atoms with Gasteiger partial charge in [-0.05, 0) is 41.4 Å². The van der Waals surface area contributed by atoms with E-state index < -0.39 is 10.0 Å². The molecule has 1 fully saturated rings. The first kappa shape index (κ1) is 19.1. The molecule has 3 nitrogen and oxygen atoms in total. The lowest BCUT2D eigenvalue weighted by Gasteiger charge is -2.30. The van der Waals surface area contributed by atoms with E-state index in [9.17, 15) is 8.42 Å². The molecule has 1 atom stereocenters. The van der Waals surface area contributed by atoms with Crippen LogP contribution in [-0.2, 0) is 16.6 Å². The van der Waals surface area contributed by atoms with Gasteiger partial charge in [0.15, 0.2) is 0 Å². The van der Waals surface area contributed by atoms with Crippen molar-refractivity contribution in [3.05, 3.63) is 66.2 Å². The molecule has 4 heteroatoms. The molecule has 0 N–H and O–H groups in total. The summed E-state index contributed by atoms with van der Waals surface area (Å²) < 4.78 is 28.6. The Labute approximate surface area is 158 Å². The molecule has 2 aromatic rings. The maximum Gasteiger partial charge on any atom is 0.243 e. The van der Waals surface area contributed by atoms with E-state index in [0.29, 0.717) is 17.4 Å². The first-order chi connectivity index (χ1) is 12.1. The van der Waals surface area contributed by atoms with Crippen molar-refractivity contribution in [2.45, 2.75) is 52.1 Å². The Hall–Kier alpha value is -1.65. The van der Waals surface area contributed by atoms with Crippen molar-refractivity contribution in [1.29, 1.82) is 0 Å². The third kappa shape index (κ3) is 3.10. The van der Waals surface area contributed by atoms with E-state index in [-0.39, 0.29) is 16.9 Å². The first-order valence-electron chi connectivity index (χ1n) is 9.21. The van der Waals surface area contributed by atoms with Crippen molar-refractivity contribution in [2.75, 3.05) is 0 Å². The van der Waals surface area contributed by atoms with E-state index in [0.717, 1.165) is 5.56 Å². The maximum absolute atomic E-state index is 13.5. The second-order valence-corrected chi connectivity index (χ2v) is 10.4. The molecule has 0 aliphatic heterocycles. The predicted molar refractivity (Wildman–Crippen MR) is 106 cm³/mol. The molecule has 0 heterocycles. The molecule has 0 amide bonds. The average Bonchev–Trinajstić information content (AvgIpc) is 3.02. The topological polar surface area (TPSA) is 37.4 Å². The highest BCUT2D eigenvalue weighted by atomic mass is 32.2. The molecule has 0 spiro atoms. The molecule has 0 saturated heterocycles. The highest BCUT2D eigenvalue weighted by Crippen LogP contribution is 2.70. The summed E-state index contributed by atoms with van der Waals surface area (Å²) in [5.74, 6) is 0.317. The van der Waals surface area contributed by atoms with E-state index in [4.69, 9.17) is 0 Å². The van der Waals surface area contributed by atoms with Crippen LogP contribution in [0.25, 0.3) is 0 Å². The van der Waals surface area contributed by atoms with Crippen molar-refractivity contribution in [2.24, 2.45) is 16.7 Å². The third-order valence-corrected chi connectivity index (χ3v) is 8.55. The Morgan fingerprint density at radius 3 is 1.81 bits per heavy atom. The highest BCUT2D eigenvalue weighted by Gasteiger charge is 2.67. The lowest BCUT2D eigenvalue weighted by Crippen LogP contribution is -2.40. The summed E-state index contributed by atoms with van der Waals surface area (Å²) in [7, 11) is -3.57. The van der Waals surface area contributed by atoms with Gasteiger partial charge in [-0.15, -0.1) is 0 Å². The molecule has 26 heavy (non-hydrogen) atoms. The lowest BCUT2D eigenvalue weighted by molar-refractivity contribution is 0.272. The van der Waals surface area contributed by atoms with Crippen LogP contribution in [0, 0.1) is 16.7 Å². The standard InChI is InChI=1S/C22H29NO2S/c1-17(20-21(2,3)22(20,4)5)23(16-18-12-8-6-9-13-18)26(24,25)19-14-10-7-11-15-19/h6-15,17,20H,16H2,1-5H3. The molecule has 0 bridgehead atoms. The van der Waals surface area contributed by atoms with E-state index in [1.54, 1.807) is 28.6 Å². The first-order valence-corrected chi connectivity index (χ1v) is 10.6. The summed E-state index contributed by atoms with van der Waals surface area (Å²) in [6.07, 6.45) is 0. The van der Waals surface area contributed by atoms with Gasteiger partial charge >= 0.3 is 0 Å². The second kappa shape index (κ2) is 6.50. The fourth-order valence-electron chi connectivity index (χ4n) is 4.56. The van der Waals surface area contributed by atoms with Crippen LogP contribution in [-0.4, -0.2) is 18.8 Å². The SMILES string of the molecule is CC(C1C(C)(C)C1(C)C)N(Cc1ccccc1)S(=O)(=O)c1ccccc1. The molecule has 1 aliphatic rings. The molecule has 3 rings (SSSR count).